The molecule has 3 aromatic heterocycles. The van der Waals surface area contributed by atoms with Gasteiger partial charge < -0.3 is 0 Å². The predicted molar refractivity (Wildman–Crippen MR) is 94.8 cm³/mol. The molecule has 3 heteroatoms. The van der Waals surface area contributed by atoms with Crippen LogP contribution in [0.2, 0.25) is 0 Å². The van der Waals surface area contributed by atoms with E-state index in [1.807, 2.05) is 34.0 Å². The van der Waals surface area contributed by atoms with Crippen LogP contribution in [0.5, 0.6) is 0 Å². The largest absolute Gasteiger partial charge is 0.133 e. The van der Waals surface area contributed by atoms with Gasteiger partial charge in [0.25, 0.3) is 0 Å². The van der Waals surface area contributed by atoms with Gasteiger partial charge in [-0.1, -0.05) is 30.3 Å². The van der Waals surface area contributed by atoms with Crippen molar-refractivity contribution in [3.8, 4) is 0 Å². The van der Waals surface area contributed by atoms with Crippen molar-refractivity contribution in [3.05, 3.63) is 48.0 Å². The van der Waals surface area contributed by atoms with Crippen LogP contribution in [-0.2, 0) is 0 Å². The maximum Gasteiger partial charge on any atom is 0.0642 e. The van der Waals surface area contributed by atoms with Gasteiger partial charge in [-0.3, -0.25) is 0 Å². The quantitative estimate of drug-likeness (QED) is 0.295. The van der Waals surface area contributed by atoms with Crippen molar-refractivity contribution in [2.75, 3.05) is 0 Å². The third-order valence-corrected chi connectivity index (χ3v) is 7.76. The first-order valence-corrected chi connectivity index (χ1v) is 8.99. The Kier molecular flexibility index (Phi) is 2.15. The van der Waals surface area contributed by atoms with Crippen LogP contribution in [0.4, 0.5) is 0 Å². The SMILES string of the molecule is Cc1ccc2c(c1)sc1c2sc2c3ccccc3sc21. The van der Waals surface area contributed by atoms with E-state index in [9.17, 15) is 0 Å². The molecule has 0 spiro atoms. The van der Waals surface area contributed by atoms with E-state index in [0.29, 0.717) is 0 Å². The monoisotopic (exact) mass is 310 g/mol. The lowest BCUT2D eigenvalue weighted by atomic mass is 10.2. The Morgan fingerprint density at radius 2 is 1.35 bits per heavy atom. The summed E-state index contributed by atoms with van der Waals surface area (Å²) in [5.74, 6) is 0. The molecular formula is C17H10S3. The Labute approximate surface area is 127 Å². The molecule has 3 heterocycles. The number of hydrogen-bond acceptors (Lipinski definition) is 3. The van der Waals surface area contributed by atoms with Crippen molar-refractivity contribution in [1.82, 2.24) is 0 Å². The zero-order chi connectivity index (χ0) is 13.3. The van der Waals surface area contributed by atoms with Gasteiger partial charge in [0.1, 0.15) is 0 Å². The van der Waals surface area contributed by atoms with Gasteiger partial charge in [-0.15, -0.1) is 34.0 Å². The lowest BCUT2D eigenvalue weighted by Crippen LogP contribution is -1.67. The van der Waals surface area contributed by atoms with Gasteiger partial charge in [0.2, 0.25) is 0 Å². The van der Waals surface area contributed by atoms with Gasteiger partial charge in [-0.2, -0.15) is 0 Å². The standard InChI is InChI=1S/C17H10S3/c1-9-6-7-11-13(8-9)19-17-15(11)20-14-10-4-2-3-5-12(10)18-16(14)17/h2-8H,1H3. The smallest absolute Gasteiger partial charge is 0.0642 e. The van der Waals surface area contributed by atoms with Gasteiger partial charge in [0.15, 0.2) is 0 Å². The summed E-state index contributed by atoms with van der Waals surface area (Å²) in [5, 5.41) is 2.84. The fraction of sp³-hybridized carbons (Fsp3) is 0.0588. The van der Waals surface area contributed by atoms with Crippen LogP contribution >= 0.6 is 34.0 Å². The van der Waals surface area contributed by atoms with Gasteiger partial charge >= 0.3 is 0 Å². The Balaban J connectivity index is 2.04. The average Bonchev–Trinajstić information content (AvgIpc) is 3.06. The molecule has 5 rings (SSSR count). The van der Waals surface area contributed by atoms with Crippen LogP contribution in [-0.4, -0.2) is 0 Å². The number of aryl methyl sites for hydroxylation is 1. The fourth-order valence-corrected chi connectivity index (χ4v) is 7.17. The predicted octanol–water partition coefficient (Wildman–Crippen LogP) is 6.79. The van der Waals surface area contributed by atoms with Crippen LogP contribution in [0.1, 0.15) is 5.56 Å². The zero-order valence-electron chi connectivity index (χ0n) is 10.8. The fourth-order valence-electron chi connectivity index (χ4n) is 2.81. The van der Waals surface area contributed by atoms with E-state index in [2.05, 4.69) is 49.4 Å². The van der Waals surface area contributed by atoms with Crippen molar-refractivity contribution in [2.45, 2.75) is 6.92 Å². The molecule has 0 aliphatic carbocycles. The number of rotatable bonds is 0. The molecule has 20 heavy (non-hydrogen) atoms. The molecule has 2 aromatic carbocycles. The van der Waals surface area contributed by atoms with E-state index in [-0.39, 0.29) is 0 Å². The van der Waals surface area contributed by atoms with Gasteiger partial charge in [0.05, 0.1) is 18.8 Å². The molecule has 0 bridgehead atoms. The molecule has 0 aliphatic heterocycles. The van der Waals surface area contributed by atoms with Crippen molar-refractivity contribution >= 4 is 73.0 Å². The van der Waals surface area contributed by atoms with Crippen molar-refractivity contribution < 1.29 is 0 Å². The Bertz CT molecular complexity index is 1110. The topological polar surface area (TPSA) is 0 Å². The number of hydrogen-bond donors (Lipinski definition) is 0. The summed E-state index contributed by atoms with van der Waals surface area (Å²) in [6.45, 7) is 2.17. The molecule has 0 aliphatic rings. The first kappa shape index (κ1) is 11.3. The summed E-state index contributed by atoms with van der Waals surface area (Å²) in [5.41, 5.74) is 1.35. The molecule has 0 nitrogen and oxygen atoms in total. The van der Waals surface area contributed by atoms with Crippen LogP contribution in [0, 0.1) is 6.92 Å². The summed E-state index contributed by atoms with van der Waals surface area (Å²) in [7, 11) is 0. The highest BCUT2D eigenvalue weighted by atomic mass is 32.1. The maximum absolute atomic E-state index is 2.31. The summed E-state index contributed by atoms with van der Waals surface area (Å²) in [4.78, 5) is 0. The van der Waals surface area contributed by atoms with Crippen molar-refractivity contribution in [1.29, 1.82) is 0 Å². The van der Waals surface area contributed by atoms with Crippen LogP contribution < -0.4 is 0 Å². The van der Waals surface area contributed by atoms with E-state index < -0.39 is 0 Å². The minimum Gasteiger partial charge on any atom is -0.133 e. The van der Waals surface area contributed by atoms with Gasteiger partial charge in [0, 0.05) is 20.2 Å². The molecule has 0 fully saturated rings. The summed E-state index contributed by atoms with van der Waals surface area (Å²) >= 11 is 5.85. The highest BCUT2D eigenvalue weighted by Gasteiger charge is 2.15. The number of thiophene rings is 3. The molecule has 0 amide bonds. The minimum atomic E-state index is 1.35. The summed E-state index contributed by atoms with van der Waals surface area (Å²) < 4.78 is 8.72. The molecule has 0 N–H and O–H groups in total. The van der Waals surface area contributed by atoms with Gasteiger partial charge in [-0.25, -0.2) is 0 Å². The molecular weight excluding hydrogens is 300 g/mol. The average molecular weight is 310 g/mol. The molecule has 0 saturated heterocycles. The minimum absolute atomic E-state index is 1.35. The number of fused-ring (bicyclic) bond motifs is 7. The second-order valence-corrected chi connectivity index (χ2v) is 8.24. The van der Waals surface area contributed by atoms with Crippen molar-refractivity contribution in [2.24, 2.45) is 0 Å². The normalized spacial score (nSPS) is 12.2. The lowest BCUT2D eigenvalue weighted by Gasteiger charge is -1.91. The van der Waals surface area contributed by atoms with Gasteiger partial charge in [-0.05, 0) is 24.6 Å². The van der Waals surface area contributed by atoms with E-state index in [0.717, 1.165) is 0 Å². The molecule has 0 saturated carbocycles. The molecule has 0 radical (unpaired) electrons. The Hall–Kier alpha value is -1.42. The van der Waals surface area contributed by atoms with E-state index in [1.165, 1.54) is 44.5 Å². The van der Waals surface area contributed by atoms with Crippen molar-refractivity contribution in [3.63, 3.8) is 0 Å². The molecule has 5 aromatic rings. The molecule has 96 valence electrons. The van der Waals surface area contributed by atoms with Crippen LogP contribution in [0.15, 0.2) is 42.5 Å². The summed E-state index contributed by atoms with van der Waals surface area (Å²) in [6, 6.07) is 15.6. The Morgan fingerprint density at radius 3 is 2.20 bits per heavy atom. The zero-order valence-corrected chi connectivity index (χ0v) is 13.2. The second-order valence-electron chi connectivity index (χ2n) is 5.12. The van der Waals surface area contributed by atoms with E-state index in [4.69, 9.17) is 0 Å². The van der Waals surface area contributed by atoms with Crippen LogP contribution in [0.25, 0.3) is 39.0 Å². The van der Waals surface area contributed by atoms with Crippen LogP contribution in [0.3, 0.4) is 0 Å². The molecule has 0 atom stereocenters. The highest BCUT2D eigenvalue weighted by Crippen LogP contribution is 2.49. The third kappa shape index (κ3) is 1.35. The third-order valence-electron chi connectivity index (χ3n) is 3.76. The second kappa shape index (κ2) is 3.82. The first-order valence-electron chi connectivity index (χ1n) is 6.54. The molecule has 0 unspecified atom stereocenters. The van der Waals surface area contributed by atoms with E-state index in [1.54, 1.807) is 0 Å². The maximum atomic E-state index is 2.31. The van der Waals surface area contributed by atoms with E-state index >= 15 is 0 Å². The Morgan fingerprint density at radius 1 is 0.650 bits per heavy atom. The first-order chi connectivity index (χ1) is 9.81. The summed E-state index contributed by atoms with van der Waals surface area (Å²) in [6.07, 6.45) is 0. The number of benzene rings is 2. The lowest BCUT2D eigenvalue weighted by molar-refractivity contribution is 1.52. The highest BCUT2D eigenvalue weighted by molar-refractivity contribution is 7.43.